The zero-order valence-electron chi connectivity index (χ0n) is 21.5. The number of benzene rings is 3. The molecule has 1 fully saturated rings. The van der Waals surface area contributed by atoms with E-state index in [0.717, 1.165) is 27.3 Å². The summed E-state index contributed by atoms with van der Waals surface area (Å²) in [7, 11) is 1.60. The number of anilines is 1. The van der Waals surface area contributed by atoms with Crippen LogP contribution >= 0.6 is 0 Å². The van der Waals surface area contributed by atoms with Gasteiger partial charge in [0.05, 0.1) is 24.6 Å². The molecule has 3 aliphatic rings. The van der Waals surface area contributed by atoms with E-state index in [1.165, 1.54) is 10.0 Å². The fourth-order valence-corrected chi connectivity index (χ4v) is 5.14. The van der Waals surface area contributed by atoms with E-state index in [4.69, 9.17) is 9.84 Å². The van der Waals surface area contributed by atoms with Crippen LogP contribution in [0.25, 0.3) is 0 Å². The zero-order chi connectivity index (χ0) is 27.1. The Balaban J connectivity index is 1.26. The van der Waals surface area contributed by atoms with Crippen molar-refractivity contribution in [2.45, 2.75) is 31.5 Å². The van der Waals surface area contributed by atoms with Gasteiger partial charge in [-0.05, 0) is 42.3 Å². The van der Waals surface area contributed by atoms with Gasteiger partial charge in [-0.3, -0.25) is 19.4 Å². The first kappa shape index (κ1) is 24.5. The van der Waals surface area contributed by atoms with Crippen molar-refractivity contribution in [2.24, 2.45) is 15.4 Å². The average Bonchev–Trinajstić information content (AvgIpc) is 3.65. The molecule has 3 aromatic carbocycles. The number of hydrazone groups is 1. The maximum absolute atomic E-state index is 13.7. The van der Waals surface area contributed by atoms with Crippen molar-refractivity contribution < 1.29 is 19.1 Å². The highest BCUT2D eigenvalue weighted by atomic mass is 16.5. The highest BCUT2D eigenvalue weighted by molar-refractivity contribution is 6.25. The van der Waals surface area contributed by atoms with E-state index in [1.54, 1.807) is 37.4 Å². The second kappa shape index (κ2) is 9.79. The van der Waals surface area contributed by atoms with Crippen molar-refractivity contribution in [3.05, 3.63) is 95.6 Å². The standard InChI is InChI=1S/C29H26N6O4/c1-18-8-10-19(11-9-18)23-16-24(20-12-14-22(39-2)15-13-20)35(31-23)25(36)17-33-27-26(30-32-33)28(37)34(29(27)38)21-6-4-3-5-7-21/h3-15,24,26-27H,16-17H2,1-2H3/t24-,26-,27+/m0/s1. The van der Waals surface area contributed by atoms with E-state index in [1.807, 2.05) is 55.5 Å². The number of hydrogen-bond donors (Lipinski definition) is 0. The molecule has 0 N–H and O–H groups in total. The second-order valence-electron chi connectivity index (χ2n) is 9.68. The van der Waals surface area contributed by atoms with E-state index in [9.17, 15) is 14.4 Å². The molecule has 6 rings (SSSR count). The minimum absolute atomic E-state index is 0.246. The summed E-state index contributed by atoms with van der Waals surface area (Å²) in [4.78, 5) is 41.1. The van der Waals surface area contributed by atoms with Gasteiger partial charge in [0.1, 0.15) is 12.3 Å². The number of fused-ring (bicyclic) bond motifs is 1. The highest BCUT2D eigenvalue weighted by Gasteiger charge is 2.55. The van der Waals surface area contributed by atoms with Crippen molar-refractivity contribution in [3.8, 4) is 5.75 Å². The maximum Gasteiger partial charge on any atom is 0.264 e. The lowest BCUT2D eigenvalue weighted by atomic mass is 9.98. The van der Waals surface area contributed by atoms with Crippen molar-refractivity contribution >= 4 is 29.1 Å². The first-order valence-electron chi connectivity index (χ1n) is 12.7. The molecule has 3 amide bonds. The number of carbonyl (C=O) groups excluding carboxylic acids is 3. The van der Waals surface area contributed by atoms with Gasteiger partial charge in [0.2, 0.25) is 0 Å². The van der Waals surface area contributed by atoms with Crippen molar-refractivity contribution in [1.82, 2.24) is 10.0 Å². The lowest BCUT2D eigenvalue weighted by molar-refractivity contribution is -0.135. The summed E-state index contributed by atoms with van der Waals surface area (Å²) in [6, 6.07) is 21.9. The molecule has 0 aromatic heterocycles. The van der Waals surface area contributed by atoms with E-state index in [2.05, 4.69) is 10.3 Å². The Morgan fingerprint density at radius 2 is 1.67 bits per heavy atom. The molecule has 10 heteroatoms. The summed E-state index contributed by atoms with van der Waals surface area (Å²) in [5, 5.41) is 15.6. The number of ether oxygens (including phenoxy) is 1. The van der Waals surface area contributed by atoms with Crippen molar-refractivity contribution in [3.63, 3.8) is 0 Å². The van der Waals surface area contributed by atoms with Crippen LogP contribution in [0.5, 0.6) is 5.75 Å². The molecule has 3 aliphatic heterocycles. The maximum atomic E-state index is 13.7. The Morgan fingerprint density at radius 1 is 0.949 bits per heavy atom. The third kappa shape index (κ3) is 4.33. The molecule has 1 saturated heterocycles. The summed E-state index contributed by atoms with van der Waals surface area (Å²) in [6.45, 7) is 1.77. The average molecular weight is 523 g/mol. The Bertz CT molecular complexity index is 1490. The van der Waals surface area contributed by atoms with Gasteiger partial charge in [-0.15, -0.1) is 0 Å². The molecule has 0 aliphatic carbocycles. The number of aryl methyl sites for hydroxylation is 1. The van der Waals surface area contributed by atoms with E-state index >= 15 is 0 Å². The topological polar surface area (TPSA) is 107 Å². The van der Waals surface area contributed by atoms with Crippen LogP contribution in [-0.2, 0) is 14.4 Å². The fourth-order valence-electron chi connectivity index (χ4n) is 5.14. The normalized spacial score (nSPS) is 21.9. The molecule has 39 heavy (non-hydrogen) atoms. The Hall–Kier alpha value is -4.86. The Morgan fingerprint density at radius 3 is 2.36 bits per heavy atom. The minimum Gasteiger partial charge on any atom is -0.497 e. The van der Waals surface area contributed by atoms with Gasteiger partial charge >= 0.3 is 0 Å². The largest absolute Gasteiger partial charge is 0.497 e. The highest BCUT2D eigenvalue weighted by Crippen LogP contribution is 2.35. The van der Waals surface area contributed by atoms with E-state index in [-0.39, 0.29) is 18.5 Å². The molecule has 0 unspecified atom stereocenters. The van der Waals surface area contributed by atoms with Crippen LogP contribution < -0.4 is 9.64 Å². The van der Waals surface area contributed by atoms with Crippen LogP contribution in [0.1, 0.15) is 29.2 Å². The Labute approximate surface area is 225 Å². The Kier molecular flexibility index (Phi) is 6.14. The van der Waals surface area contributed by atoms with Gasteiger partial charge in [0, 0.05) is 6.42 Å². The minimum atomic E-state index is -0.979. The smallest absolute Gasteiger partial charge is 0.264 e. The molecule has 3 heterocycles. The monoisotopic (exact) mass is 522 g/mol. The third-order valence-electron chi connectivity index (χ3n) is 7.22. The van der Waals surface area contributed by atoms with Gasteiger partial charge in [0.15, 0.2) is 12.1 Å². The lowest BCUT2D eigenvalue weighted by Gasteiger charge is -2.25. The number of para-hydroxylation sites is 1. The first-order valence-corrected chi connectivity index (χ1v) is 12.7. The van der Waals surface area contributed by atoms with Crippen LogP contribution in [0.4, 0.5) is 5.69 Å². The van der Waals surface area contributed by atoms with Crippen LogP contribution in [0.3, 0.4) is 0 Å². The number of hydrogen-bond acceptors (Lipinski definition) is 8. The summed E-state index contributed by atoms with van der Waals surface area (Å²) in [5.41, 5.74) is 4.22. The number of methoxy groups -OCH3 is 1. The van der Waals surface area contributed by atoms with Crippen molar-refractivity contribution in [2.75, 3.05) is 18.6 Å². The van der Waals surface area contributed by atoms with Gasteiger partial charge in [-0.25, -0.2) is 9.91 Å². The molecule has 0 spiro atoms. The van der Waals surface area contributed by atoms with Gasteiger partial charge in [-0.2, -0.15) is 10.2 Å². The molecule has 10 nitrogen and oxygen atoms in total. The number of carbonyl (C=O) groups is 3. The van der Waals surface area contributed by atoms with E-state index < -0.39 is 23.9 Å². The molecule has 0 bridgehead atoms. The number of nitrogens with zero attached hydrogens (tertiary/aromatic N) is 6. The molecule has 3 aromatic rings. The molecular formula is C29H26N6O4. The SMILES string of the molecule is COc1ccc([C@@H]2CC(c3ccc(C)cc3)=NN2C(=O)CN2N=N[C@@H]3C(=O)N(c4ccccc4)C(=O)[C@@H]32)cc1. The predicted molar refractivity (Wildman–Crippen MR) is 143 cm³/mol. The fraction of sp³-hybridized carbons (Fsp3) is 0.241. The summed E-state index contributed by atoms with van der Waals surface area (Å²) in [6.07, 6.45) is 0.522. The molecule has 3 atom stereocenters. The molecule has 0 radical (unpaired) electrons. The van der Waals surface area contributed by atoms with Crippen LogP contribution in [0, 0.1) is 6.92 Å². The molecular weight excluding hydrogens is 496 g/mol. The van der Waals surface area contributed by atoms with Crippen LogP contribution in [0.15, 0.2) is 94.3 Å². The lowest BCUT2D eigenvalue weighted by Crippen LogP contribution is -2.44. The zero-order valence-corrected chi connectivity index (χ0v) is 21.5. The van der Waals surface area contributed by atoms with Crippen LogP contribution in [0.2, 0.25) is 0 Å². The number of rotatable bonds is 6. The van der Waals surface area contributed by atoms with Gasteiger partial charge in [0.25, 0.3) is 17.7 Å². The summed E-state index contributed by atoms with van der Waals surface area (Å²) < 4.78 is 5.29. The van der Waals surface area contributed by atoms with Gasteiger partial charge < -0.3 is 4.74 Å². The number of amides is 3. The number of imide groups is 1. The second-order valence-corrected chi connectivity index (χ2v) is 9.68. The third-order valence-corrected chi connectivity index (χ3v) is 7.22. The summed E-state index contributed by atoms with van der Waals surface area (Å²) >= 11 is 0. The van der Waals surface area contributed by atoms with E-state index in [0.29, 0.717) is 17.9 Å². The van der Waals surface area contributed by atoms with Crippen molar-refractivity contribution in [1.29, 1.82) is 0 Å². The quantitative estimate of drug-likeness (QED) is 0.459. The van der Waals surface area contributed by atoms with Gasteiger partial charge in [-0.1, -0.05) is 65.4 Å². The van der Waals surface area contributed by atoms with Crippen LogP contribution in [-0.4, -0.2) is 59.2 Å². The first-order chi connectivity index (χ1) is 18.9. The molecule has 196 valence electrons. The predicted octanol–water partition coefficient (Wildman–Crippen LogP) is 3.67. The summed E-state index contributed by atoms with van der Waals surface area (Å²) in [5.74, 6) is -0.543. The molecule has 0 saturated carbocycles.